The van der Waals surface area contributed by atoms with Gasteiger partial charge in [-0.05, 0) is 56.8 Å². The van der Waals surface area contributed by atoms with Gasteiger partial charge in [-0.2, -0.15) is 10.2 Å². The molecule has 0 saturated carbocycles. The van der Waals surface area contributed by atoms with Crippen molar-refractivity contribution in [2.24, 2.45) is 0 Å². The van der Waals surface area contributed by atoms with E-state index in [2.05, 4.69) is 56.3 Å². The predicted octanol–water partition coefficient (Wildman–Crippen LogP) is 5.66. The Morgan fingerprint density at radius 1 is 1.09 bits per heavy atom. The topological polar surface area (TPSA) is 82.7 Å². The first kappa shape index (κ1) is 24.7. The summed E-state index contributed by atoms with van der Waals surface area (Å²) in [4.78, 5) is 6.73. The Morgan fingerprint density at radius 2 is 1.97 bits per heavy atom. The molecular formula is C26H38N6O. The van der Waals surface area contributed by atoms with E-state index in [-0.39, 0.29) is 0 Å². The van der Waals surface area contributed by atoms with Crippen LogP contribution < -0.4 is 0 Å². The minimum absolute atomic E-state index is 0.693. The number of likely N-dealkylation sites (N-methyl/N-ethyl adjacent to an activating group) is 1. The molecule has 0 fully saturated rings. The van der Waals surface area contributed by atoms with Crippen LogP contribution in [0.25, 0.3) is 22.3 Å². The van der Waals surface area contributed by atoms with Crippen LogP contribution in [0.15, 0.2) is 48.5 Å². The van der Waals surface area contributed by atoms with Crippen molar-refractivity contribution < 1.29 is 4.74 Å². The monoisotopic (exact) mass is 450 g/mol. The zero-order valence-corrected chi connectivity index (χ0v) is 20.3. The van der Waals surface area contributed by atoms with Crippen LogP contribution in [-0.2, 0) is 11.2 Å². The molecule has 178 valence electrons. The zero-order chi connectivity index (χ0) is 23.3. The van der Waals surface area contributed by atoms with Crippen LogP contribution in [-0.4, -0.2) is 56.5 Å². The molecule has 0 amide bonds. The summed E-state index contributed by atoms with van der Waals surface area (Å²) >= 11 is 0. The molecule has 0 aliphatic rings. The number of allylic oxidation sites excluding steroid dienone is 3. The van der Waals surface area contributed by atoms with Crippen LogP contribution in [0.4, 0.5) is 0 Å². The Labute approximate surface area is 197 Å². The largest absolute Gasteiger partial charge is 0.493 e. The highest BCUT2D eigenvalue weighted by molar-refractivity contribution is 5.85. The highest BCUT2D eigenvalue weighted by Gasteiger charge is 2.09. The predicted molar refractivity (Wildman–Crippen MR) is 135 cm³/mol. The Morgan fingerprint density at radius 3 is 2.73 bits per heavy atom. The van der Waals surface area contributed by atoms with Gasteiger partial charge in [0.25, 0.3) is 0 Å². The second kappa shape index (κ2) is 13.6. The molecule has 7 heteroatoms. The number of benzene rings is 1. The molecule has 2 heterocycles. The summed E-state index contributed by atoms with van der Waals surface area (Å²) in [5.74, 6) is 1.65. The molecule has 0 spiro atoms. The Balaban J connectivity index is 1.56. The van der Waals surface area contributed by atoms with Gasteiger partial charge >= 0.3 is 0 Å². The fourth-order valence-electron chi connectivity index (χ4n) is 3.91. The van der Waals surface area contributed by atoms with Crippen LogP contribution >= 0.6 is 0 Å². The number of H-pyrrole nitrogens is 2. The van der Waals surface area contributed by atoms with Crippen molar-refractivity contribution >= 4 is 10.9 Å². The number of nitrogens with zero attached hydrogens (tertiary/aromatic N) is 4. The molecule has 0 aliphatic carbocycles. The van der Waals surface area contributed by atoms with Gasteiger partial charge in [-0.3, -0.25) is 10.2 Å². The maximum absolute atomic E-state index is 6.13. The number of ether oxygens (including phenoxy) is 1. The van der Waals surface area contributed by atoms with Gasteiger partial charge in [0.15, 0.2) is 5.82 Å². The number of hydrogen-bond acceptors (Lipinski definition) is 5. The normalized spacial score (nSPS) is 12.4. The van der Waals surface area contributed by atoms with Crippen molar-refractivity contribution in [3.8, 4) is 11.4 Å². The molecule has 0 unspecified atom stereocenters. The van der Waals surface area contributed by atoms with Gasteiger partial charge in [0.05, 0.1) is 5.52 Å². The van der Waals surface area contributed by atoms with Crippen molar-refractivity contribution in [2.45, 2.75) is 59.3 Å². The van der Waals surface area contributed by atoms with E-state index in [4.69, 9.17) is 4.74 Å². The fourth-order valence-corrected chi connectivity index (χ4v) is 3.91. The van der Waals surface area contributed by atoms with E-state index >= 15 is 0 Å². The van der Waals surface area contributed by atoms with E-state index in [1.807, 2.05) is 31.2 Å². The summed E-state index contributed by atoms with van der Waals surface area (Å²) in [5, 5.41) is 15.6. The summed E-state index contributed by atoms with van der Waals surface area (Å²) in [7, 11) is 0. The van der Waals surface area contributed by atoms with Gasteiger partial charge in [-0.1, -0.05) is 45.6 Å². The molecule has 2 N–H and O–H groups in total. The van der Waals surface area contributed by atoms with E-state index in [9.17, 15) is 0 Å². The molecule has 0 aliphatic heterocycles. The highest BCUT2D eigenvalue weighted by Crippen LogP contribution is 2.23. The molecule has 33 heavy (non-hydrogen) atoms. The standard InChI is InChI=1S/C26H38N6O/c1-4-7-8-9-10-16-32(6-3)17-18-33-22(11-5-2)13-15-25-23-19-21(26-27-20-28-31-26)12-14-24(23)29-30-25/h5,11-14,19-20H,4,6-10,15-18H2,1-3H3,(H,29,30)(H,27,28,31)/b11-5-,22-13+. The Hall–Kier alpha value is -2.93. The number of fused-ring (bicyclic) bond motifs is 1. The first-order chi connectivity index (χ1) is 16.2. The van der Waals surface area contributed by atoms with Crippen LogP contribution in [0.1, 0.15) is 58.6 Å². The molecule has 2 aromatic heterocycles. The molecule has 0 radical (unpaired) electrons. The van der Waals surface area contributed by atoms with E-state index < -0.39 is 0 Å². The third-order valence-electron chi connectivity index (χ3n) is 5.86. The summed E-state index contributed by atoms with van der Waals surface area (Å²) in [5.41, 5.74) is 2.98. The van der Waals surface area contributed by atoms with E-state index in [0.717, 1.165) is 53.4 Å². The first-order valence-corrected chi connectivity index (χ1v) is 12.3. The van der Waals surface area contributed by atoms with Crippen molar-refractivity contribution in [1.82, 2.24) is 30.3 Å². The second-order valence-corrected chi connectivity index (χ2v) is 8.28. The third kappa shape index (κ3) is 7.56. The maximum Gasteiger partial charge on any atom is 0.155 e. The van der Waals surface area contributed by atoms with Crippen molar-refractivity contribution in [2.75, 3.05) is 26.2 Å². The van der Waals surface area contributed by atoms with Crippen molar-refractivity contribution in [1.29, 1.82) is 0 Å². The number of nitrogens with one attached hydrogen (secondary N) is 2. The molecule has 0 saturated heterocycles. The molecule has 1 aromatic carbocycles. The van der Waals surface area contributed by atoms with E-state index in [0.29, 0.717) is 13.0 Å². The lowest BCUT2D eigenvalue weighted by atomic mass is 10.1. The quantitative estimate of drug-likeness (QED) is 0.177. The highest BCUT2D eigenvalue weighted by atomic mass is 16.5. The molecule has 7 nitrogen and oxygen atoms in total. The SMILES string of the molecule is C/C=C\C(=C/Cc1[nH]nc2ccc(-c3ncn[nH]3)cc12)OCCN(CC)CCCCCCC. The van der Waals surface area contributed by atoms with Crippen molar-refractivity contribution in [3.63, 3.8) is 0 Å². The van der Waals surface area contributed by atoms with Crippen molar-refractivity contribution in [3.05, 3.63) is 54.2 Å². The molecular weight excluding hydrogens is 412 g/mol. The summed E-state index contributed by atoms with van der Waals surface area (Å²) in [6, 6.07) is 6.10. The number of rotatable bonds is 15. The molecule has 3 rings (SSSR count). The third-order valence-corrected chi connectivity index (χ3v) is 5.86. The number of hydrogen-bond donors (Lipinski definition) is 2. The molecule has 0 bridgehead atoms. The average molecular weight is 451 g/mol. The van der Waals surface area contributed by atoms with Crippen LogP contribution in [0.3, 0.4) is 0 Å². The number of aromatic nitrogens is 5. The van der Waals surface area contributed by atoms with Gasteiger partial charge in [0, 0.05) is 29.6 Å². The average Bonchev–Trinajstić information content (AvgIpc) is 3.51. The van der Waals surface area contributed by atoms with E-state index in [1.165, 1.54) is 38.4 Å². The van der Waals surface area contributed by atoms with Crippen LogP contribution in [0, 0.1) is 0 Å². The minimum Gasteiger partial charge on any atom is -0.493 e. The summed E-state index contributed by atoms with van der Waals surface area (Å²) in [6.45, 7) is 10.4. The van der Waals surface area contributed by atoms with Crippen LogP contribution in [0.5, 0.6) is 0 Å². The second-order valence-electron chi connectivity index (χ2n) is 8.28. The lowest BCUT2D eigenvalue weighted by molar-refractivity contribution is 0.165. The van der Waals surface area contributed by atoms with Crippen LogP contribution in [0.2, 0.25) is 0 Å². The minimum atomic E-state index is 0.693. The summed E-state index contributed by atoms with van der Waals surface area (Å²) < 4.78 is 6.13. The van der Waals surface area contributed by atoms with Gasteiger partial charge in [-0.15, -0.1) is 0 Å². The van der Waals surface area contributed by atoms with Gasteiger partial charge in [0.2, 0.25) is 0 Å². The van der Waals surface area contributed by atoms with Gasteiger partial charge in [0.1, 0.15) is 18.7 Å². The number of aromatic amines is 2. The Kier molecular flexibility index (Phi) is 10.2. The first-order valence-electron chi connectivity index (χ1n) is 12.3. The molecule has 3 aromatic rings. The Bertz CT molecular complexity index is 1010. The lowest BCUT2D eigenvalue weighted by Crippen LogP contribution is -2.28. The van der Waals surface area contributed by atoms with Gasteiger partial charge < -0.3 is 9.64 Å². The zero-order valence-electron chi connectivity index (χ0n) is 20.3. The summed E-state index contributed by atoms with van der Waals surface area (Å²) in [6.07, 6.45) is 15.0. The molecule has 0 atom stereocenters. The maximum atomic E-state index is 6.13. The lowest BCUT2D eigenvalue weighted by Gasteiger charge is -2.20. The smallest absolute Gasteiger partial charge is 0.155 e. The van der Waals surface area contributed by atoms with Gasteiger partial charge in [-0.25, -0.2) is 4.98 Å². The van der Waals surface area contributed by atoms with E-state index in [1.54, 1.807) is 0 Å². The number of unbranched alkanes of at least 4 members (excludes halogenated alkanes) is 4. The fraction of sp³-hybridized carbons (Fsp3) is 0.500.